The molecule has 1 unspecified atom stereocenters. The highest BCUT2D eigenvalue weighted by Gasteiger charge is 2.24. The number of aliphatic hydroxyl groups excluding tert-OH is 1. The molecule has 1 heterocycles. The van der Waals surface area contributed by atoms with Gasteiger partial charge in [-0.05, 0) is 36.1 Å². The SMILES string of the molecule is OCC1CCCN1Cc1ccccc1-c1ccccc1. The first-order valence-electron chi connectivity index (χ1n) is 7.36. The van der Waals surface area contributed by atoms with Crippen molar-refractivity contribution in [1.82, 2.24) is 4.90 Å². The van der Waals surface area contributed by atoms with Gasteiger partial charge in [0.2, 0.25) is 0 Å². The molecule has 0 aromatic heterocycles. The minimum atomic E-state index is 0.271. The molecular weight excluding hydrogens is 246 g/mol. The Morgan fingerprint density at radius 1 is 1.00 bits per heavy atom. The normalized spacial score (nSPS) is 19.4. The van der Waals surface area contributed by atoms with Gasteiger partial charge in [0.1, 0.15) is 0 Å². The van der Waals surface area contributed by atoms with Crippen LogP contribution in [0, 0.1) is 0 Å². The second-order valence-electron chi connectivity index (χ2n) is 5.47. The highest BCUT2D eigenvalue weighted by Crippen LogP contribution is 2.27. The lowest BCUT2D eigenvalue weighted by Crippen LogP contribution is -2.31. The van der Waals surface area contributed by atoms with Crippen molar-refractivity contribution in [2.24, 2.45) is 0 Å². The zero-order valence-corrected chi connectivity index (χ0v) is 11.7. The van der Waals surface area contributed by atoms with Gasteiger partial charge in [0, 0.05) is 12.6 Å². The van der Waals surface area contributed by atoms with E-state index in [1.807, 2.05) is 6.07 Å². The van der Waals surface area contributed by atoms with Crippen LogP contribution in [0.25, 0.3) is 11.1 Å². The second-order valence-corrected chi connectivity index (χ2v) is 5.47. The van der Waals surface area contributed by atoms with E-state index < -0.39 is 0 Å². The Labute approximate surface area is 120 Å². The number of hydrogen-bond acceptors (Lipinski definition) is 2. The van der Waals surface area contributed by atoms with E-state index in [1.54, 1.807) is 0 Å². The van der Waals surface area contributed by atoms with Crippen LogP contribution in [0.1, 0.15) is 18.4 Å². The van der Waals surface area contributed by atoms with Gasteiger partial charge in [-0.1, -0.05) is 54.6 Å². The van der Waals surface area contributed by atoms with Gasteiger partial charge in [0.05, 0.1) is 6.61 Å². The van der Waals surface area contributed by atoms with E-state index in [9.17, 15) is 5.11 Å². The number of aliphatic hydroxyl groups is 1. The number of likely N-dealkylation sites (tertiary alicyclic amines) is 1. The van der Waals surface area contributed by atoms with Crippen molar-refractivity contribution in [1.29, 1.82) is 0 Å². The molecule has 0 amide bonds. The zero-order valence-electron chi connectivity index (χ0n) is 11.7. The van der Waals surface area contributed by atoms with Gasteiger partial charge in [-0.25, -0.2) is 0 Å². The predicted octanol–water partition coefficient (Wildman–Crippen LogP) is 3.31. The van der Waals surface area contributed by atoms with E-state index in [4.69, 9.17) is 0 Å². The first-order chi connectivity index (χ1) is 9.88. The lowest BCUT2D eigenvalue weighted by atomic mass is 9.99. The van der Waals surface area contributed by atoms with Gasteiger partial charge in [-0.3, -0.25) is 4.90 Å². The van der Waals surface area contributed by atoms with E-state index >= 15 is 0 Å². The van der Waals surface area contributed by atoms with Crippen LogP contribution in [-0.4, -0.2) is 29.2 Å². The Morgan fingerprint density at radius 3 is 2.55 bits per heavy atom. The van der Waals surface area contributed by atoms with Crippen LogP contribution in [0.15, 0.2) is 54.6 Å². The highest BCUT2D eigenvalue weighted by molar-refractivity contribution is 5.67. The summed E-state index contributed by atoms with van der Waals surface area (Å²) in [6.07, 6.45) is 2.31. The predicted molar refractivity (Wildman–Crippen MR) is 82.4 cm³/mol. The lowest BCUT2D eigenvalue weighted by Gasteiger charge is -2.24. The summed E-state index contributed by atoms with van der Waals surface area (Å²) in [5.74, 6) is 0. The fourth-order valence-corrected chi connectivity index (χ4v) is 3.09. The minimum absolute atomic E-state index is 0.271. The summed E-state index contributed by atoms with van der Waals surface area (Å²) in [6.45, 7) is 2.29. The summed E-state index contributed by atoms with van der Waals surface area (Å²) < 4.78 is 0. The smallest absolute Gasteiger partial charge is 0.0587 e. The van der Waals surface area contributed by atoms with Crippen LogP contribution in [0.5, 0.6) is 0 Å². The van der Waals surface area contributed by atoms with Crippen molar-refractivity contribution >= 4 is 0 Å². The maximum atomic E-state index is 9.46. The number of benzene rings is 2. The first kappa shape index (κ1) is 13.3. The second kappa shape index (κ2) is 6.21. The van der Waals surface area contributed by atoms with Gasteiger partial charge in [-0.15, -0.1) is 0 Å². The topological polar surface area (TPSA) is 23.5 Å². The molecule has 0 bridgehead atoms. The molecule has 0 spiro atoms. The number of rotatable bonds is 4. The monoisotopic (exact) mass is 267 g/mol. The van der Waals surface area contributed by atoms with Crippen molar-refractivity contribution in [2.75, 3.05) is 13.2 Å². The molecule has 0 radical (unpaired) electrons. The zero-order chi connectivity index (χ0) is 13.8. The molecule has 1 atom stereocenters. The average molecular weight is 267 g/mol. The summed E-state index contributed by atoms with van der Waals surface area (Å²) in [5.41, 5.74) is 3.92. The van der Waals surface area contributed by atoms with E-state index in [-0.39, 0.29) is 6.61 Å². The Kier molecular flexibility index (Phi) is 4.14. The highest BCUT2D eigenvalue weighted by atomic mass is 16.3. The van der Waals surface area contributed by atoms with Gasteiger partial charge in [0.15, 0.2) is 0 Å². The molecule has 1 saturated heterocycles. The Bertz CT molecular complexity index is 552. The fourth-order valence-electron chi connectivity index (χ4n) is 3.09. The quantitative estimate of drug-likeness (QED) is 0.918. The Hall–Kier alpha value is -1.64. The van der Waals surface area contributed by atoms with Crippen LogP contribution in [0.3, 0.4) is 0 Å². The van der Waals surface area contributed by atoms with Crippen molar-refractivity contribution < 1.29 is 5.11 Å². The van der Waals surface area contributed by atoms with Crippen molar-refractivity contribution in [3.05, 3.63) is 60.2 Å². The van der Waals surface area contributed by atoms with Crippen LogP contribution in [0.4, 0.5) is 0 Å². The van der Waals surface area contributed by atoms with Crippen LogP contribution in [-0.2, 0) is 6.54 Å². The third kappa shape index (κ3) is 2.77. The molecule has 1 fully saturated rings. The maximum absolute atomic E-state index is 9.46. The van der Waals surface area contributed by atoms with Gasteiger partial charge in [-0.2, -0.15) is 0 Å². The van der Waals surface area contributed by atoms with Crippen LogP contribution in [0.2, 0.25) is 0 Å². The molecule has 0 aliphatic carbocycles. The van der Waals surface area contributed by atoms with E-state index in [2.05, 4.69) is 53.4 Å². The average Bonchev–Trinajstić information content (AvgIpc) is 2.96. The van der Waals surface area contributed by atoms with Crippen molar-refractivity contribution in [3.8, 4) is 11.1 Å². The standard InChI is InChI=1S/C18H21NO/c20-14-17-10-6-12-19(17)13-16-9-4-5-11-18(16)15-7-2-1-3-8-15/h1-5,7-9,11,17,20H,6,10,12-14H2. The number of nitrogens with zero attached hydrogens (tertiary/aromatic N) is 1. The van der Waals surface area contributed by atoms with Gasteiger partial charge >= 0.3 is 0 Å². The summed E-state index contributed by atoms with van der Waals surface area (Å²) in [7, 11) is 0. The molecule has 0 saturated carbocycles. The van der Waals surface area contributed by atoms with E-state index in [0.717, 1.165) is 19.5 Å². The van der Waals surface area contributed by atoms with Crippen LogP contribution >= 0.6 is 0 Å². The Balaban J connectivity index is 1.87. The summed E-state index contributed by atoms with van der Waals surface area (Å²) in [6, 6.07) is 19.5. The summed E-state index contributed by atoms with van der Waals surface area (Å²) >= 11 is 0. The first-order valence-corrected chi connectivity index (χ1v) is 7.36. The third-order valence-electron chi connectivity index (χ3n) is 4.19. The molecule has 1 aliphatic heterocycles. The molecule has 1 N–H and O–H groups in total. The molecule has 2 heteroatoms. The van der Waals surface area contributed by atoms with Gasteiger partial charge in [0.25, 0.3) is 0 Å². The molecule has 2 aromatic rings. The van der Waals surface area contributed by atoms with Crippen LogP contribution < -0.4 is 0 Å². The molecular formula is C18H21NO. The van der Waals surface area contributed by atoms with E-state index in [1.165, 1.54) is 23.1 Å². The molecule has 104 valence electrons. The van der Waals surface area contributed by atoms with Crippen molar-refractivity contribution in [2.45, 2.75) is 25.4 Å². The minimum Gasteiger partial charge on any atom is -0.395 e. The van der Waals surface area contributed by atoms with E-state index in [0.29, 0.717) is 6.04 Å². The third-order valence-corrected chi connectivity index (χ3v) is 4.19. The fraction of sp³-hybridized carbons (Fsp3) is 0.333. The van der Waals surface area contributed by atoms with Gasteiger partial charge < -0.3 is 5.11 Å². The molecule has 2 aromatic carbocycles. The Morgan fingerprint density at radius 2 is 1.75 bits per heavy atom. The molecule has 20 heavy (non-hydrogen) atoms. The molecule has 3 rings (SSSR count). The molecule has 1 aliphatic rings. The number of hydrogen-bond donors (Lipinski definition) is 1. The van der Waals surface area contributed by atoms with Crippen molar-refractivity contribution in [3.63, 3.8) is 0 Å². The largest absolute Gasteiger partial charge is 0.395 e. The summed E-state index contributed by atoms with van der Waals surface area (Å²) in [4.78, 5) is 2.40. The lowest BCUT2D eigenvalue weighted by molar-refractivity contribution is 0.154. The summed E-state index contributed by atoms with van der Waals surface area (Å²) in [5, 5.41) is 9.46. The maximum Gasteiger partial charge on any atom is 0.0587 e. The molecule has 2 nitrogen and oxygen atoms in total.